The lowest BCUT2D eigenvalue weighted by molar-refractivity contribution is 0.0951. The minimum absolute atomic E-state index is 0.110. The summed E-state index contributed by atoms with van der Waals surface area (Å²) in [6.45, 7) is 2.75. The van der Waals surface area contributed by atoms with E-state index in [0.29, 0.717) is 12.2 Å². The van der Waals surface area contributed by atoms with Crippen molar-refractivity contribution in [1.29, 1.82) is 0 Å². The quantitative estimate of drug-likeness (QED) is 0.830. The fourth-order valence-electron chi connectivity index (χ4n) is 1.70. The topological polar surface area (TPSA) is 42.0 Å². The molecule has 104 valence electrons. The number of aryl methyl sites for hydroxylation is 1. The Balaban J connectivity index is 1.64. The molecule has 0 atom stereocenters. The van der Waals surface area contributed by atoms with Gasteiger partial charge in [0.15, 0.2) is 0 Å². The number of pyridine rings is 1. The number of nitrogens with zero attached hydrogens (tertiary/aromatic N) is 1. The first-order chi connectivity index (χ1) is 9.75. The molecular weight excluding hydrogens is 268 g/mol. The van der Waals surface area contributed by atoms with Crippen molar-refractivity contribution in [2.75, 3.05) is 12.3 Å². The molecule has 20 heavy (non-hydrogen) atoms. The number of nitrogens with one attached hydrogen (secondary N) is 1. The number of rotatable bonds is 6. The van der Waals surface area contributed by atoms with Crippen LogP contribution in [0.15, 0.2) is 48.7 Å². The second-order valence-electron chi connectivity index (χ2n) is 4.51. The Kier molecular flexibility index (Phi) is 5.62. The van der Waals surface area contributed by atoms with Crippen LogP contribution in [0.5, 0.6) is 0 Å². The van der Waals surface area contributed by atoms with Gasteiger partial charge in [0.2, 0.25) is 0 Å². The maximum absolute atomic E-state index is 11.7. The summed E-state index contributed by atoms with van der Waals surface area (Å²) in [5.74, 6) is 1.76. The van der Waals surface area contributed by atoms with Gasteiger partial charge < -0.3 is 5.32 Å². The number of aromatic nitrogens is 1. The summed E-state index contributed by atoms with van der Waals surface area (Å²) in [6.07, 6.45) is 1.63. The SMILES string of the molecule is Cc1ccc(CSCCNC(=O)c2ccccn2)cc1. The van der Waals surface area contributed by atoms with Crippen LogP contribution in [0.3, 0.4) is 0 Å². The summed E-state index contributed by atoms with van der Waals surface area (Å²) in [7, 11) is 0. The van der Waals surface area contributed by atoms with Gasteiger partial charge in [-0.2, -0.15) is 11.8 Å². The van der Waals surface area contributed by atoms with Crippen LogP contribution in [0.25, 0.3) is 0 Å². The molecule has 0 unspecified atom stereocenters. The van der Waals surface area contributed by atoms with Crippen molar-refractivity contribution in [3.05, 3.63) is 65.5 Å². The number of benzene rings is 1. The Morgan fingerprint density at radius 1 is 1.20 bits per heavy atom. The van der Waals surface area contributed by atoms with Crippen LogP contribution < -0.4 is 5.32 Å². The van der Waals surface area contributed by atoms with E-state index in [4.69, 9.17) is 0 Å². The molecule has 1 N–H and O–H groups in total. The van der Waals surface area contributed by atoms with Gasteiger partial charge in [-0.1, -0.05) is 35.9 Å². The third kappa shape index (κ3) is 4.70. The number of carbonyl (C=O) groups excluding carboxylic acids is 1. The van der Waals surface area contributed by atoms with Crippen LogP contribution in [-0.4, -0.2) is 23.2 Å². The van der Waals surface area contributed by atoms with E-state index >= 15 is 0 Å². The van der Waals surface area contributed by atoms with Gasteiger partial charge in [-0.3, -0.25) is 9.78 Å². The molecule has 0 fully saturated rings. The highest BCUT2D eigenvalue weighted by molar-refractivity contribution is 7.98. The smallest absolute Gasteiger partial charge is 0.269 e. The van der Waals surface area contributed by atoms with Gasteiger partial charge in [0.1, 0.15) is 5.69 Å². The van der Waals surface area contributed by atoms with Crippen molar-refractivity contribution in [3.63, 3.8) is 0 Å². The average Bonchev–Trinajstić information content (AvgIpc) is 2.49. The lowest BCUT2D eigenvalue weighted by atomic mass is 10.2. The molecular formula is C16H18N2OS. The Hall–Kier alpha value is -1.81. The predicted molar refractivity (Wildman–Crippen MR) is 83.9 cm³/mol. The number of hydrogen-bond donors (Lipinski definition) is 1. The van der Waals surface area contributed by atoms with E-state index < -0.39 is 0 Å². The molecule has 0 aliphatic carbocycles. The molecule has 1 amide bonds. The zero-order chi connectivity index (χ0) is 14.2. The lowest BCUT2D eigenvalue weighted by Crippen LogP contribution is -2.26. The van der Waals surface area contributed by atoms with Crippen molar-refractivity contribution in [3.8, 4) is 0 Å². The Labute approximate surface area is 123 Å². The summed E-state index contributed by atoms with van der Waals surface area (Å²) in [6, 6.07) is 13.9. The highest BCUT2D eigenvalue weighted by atomic mass is 32.2. The molecule has 0 spiro atoms. The summed E-state index contributed by atoms with van der Waals surface area (Å²) in [5, 5.41) is 2.87. The maximum atomic E-state index is 11.7. The van der Waals surface area contributed by atoms with Crippen molar-refractivity contribution in [2.45, 2.75) is 12.7 Å². The summed E-state index contributed by atoms with van der Waals surface area (Å²) in [4.78, 5) is 15.7. The van der Waals surface area contributed by atoms with Crippen molar-refractivity contribution in [1.82, 2.24) is 10.3 Å². The summed E-state index contributed by atoms with van der Waals surface area (Å²) >= 11 is 1.81. The number of hydrogen-bond acceptors (Lipinski definition) is 3. The lowest BCUT2D eigenvalue weighted by Gasteiger charge is -2.05. The van der Waals surface area contributed by atoms with Crippen LogP contribution in [0.1, 0.15) is 21.6 Å². The van der Waals surface area contributed by atoms with Gasteiger partial charge in [0, 0.05) is 24.2 Å². The third-order valence-electron chi connectivity index (χ3n) is 2.82. The van der Waals surface area contributed by atoms with Crippen LogP contribution in [0.2, 0.25) is 0 Å². The number of thioether (sulfide) groups is 1. The largest absolute Gasteiger partial charge is 0.350 e. The Morgan fingerprint density at radius 3 is 2.70 bits per heavy atom. The van der Waals surface area contributed by atoms with E-state index in [-0.39, 0.29) is 5.91 Å². The molecule has 2 rings (SSSR count). The van der Waals surface area contributed by atoms with Crippen LogP contribution in [-0.2, 0) is 5.75 Å². The van der Waals surface area contributed by atoms with E-state index in [1.165, 1.54) is 11.1 Å². The fraction of sp³-hybridized carbons (Fsp3) is 0.250. The first-order valence-corrected chi connectivity index (χ1v) is 7.74. The zero-order valence-electron chi connectivity index (χ0n) is 11.5. The van der Waals surface area contributed by atoms with Crippen molar-refractivity contribution in [2.24, 2.45) is 0 Å². The van der Waals surface area contributed by atoms with Crippen LogP contribution in [0.4, 0.5) is 0 Å². The molecule has 0 aliphatic heterocycles. The summed E-state index contributed by atoms with van der Waals surface area (Å²) < 4.78 is 0. The molecule has 1 aromatic heterocycles. The zero-order valence-corrected chi connectivity index (χ0v) is 12.3. The second kappa shape index (κ2) is 7.70. The van der Waals surface area contributed by atoms with E-state index in [9.17, 15) is 4.79 Å². The first kappa shape index (κ1) is 14.6. The monoisotopic (exact) mass is 286 g/mol. The Bertz CT molecular complexity index is 540. The molecule has 0 radical (unpaired) electrons. The van der Waals surface area contributed by atoms with E-state index in [2.05, 4.69) is 41.5 Å². The highest BCUT2D eigenvalue weighted by Gasteiger charge is 2.04. The van der Waals surface area contributed by atoms with Crippen LogP contribution >= 0.6 is 11.8 Å². The van der Waals surface area contributed by atoms with Gasteiger partial charge in [-0.15, -0.1) is 0 Å². The van der Waals surface area contributed by atoms with Gasteiger partial charge in [0.05, 0.1) is 0 Å². The van der Waals surface area contributed by atoms with Gasteiger partial charge in [-0.05, 0) is 24.6 Å². The maximum Gasteiger partial charge on any atom is 0.269 e. The fourth-order valence-corrected chi connectivity index (χ4v) is 2.52. The van der Waals surface area contributed by atoms with E-state index in [0.717, 1.165) is 11.5 Å². The molecule has 4 heteroatoms. The third-order valence-corrected chi connectivity index (χ3v) is 3.85. The minimum atomic E-state index is -0.110. The second-order valence-corrected chi connectivity index (χ2v) is 5.61. The van der Waals surface area contributed by atoms with E-state index in [1.54, 1.807) is 18.3 Å². The molecule has 2 aromatic rings. The molecule has 0 bridgehead atoms. The number of amides is 1. The molecule has 1 heterocycles. The van der Waals surface area contributed by atoms with Crippen molar-refractivity contribution >= 4 is 17.7 Å². The van der Waals surface area contributed by atoms with Crippen LogP contribution in [0, 0.1) is 6.92 Å². The standard InChI is InChI=1S/C16H18N2OS/c1-13-5-7-14(8-6-13)12-20-11-10-18-16(19)15-4-2-3-9-17-15/h2-9H,10-12H2,1H3,(H,18,19). The normalized spacial score (nSPS) is 10.2. The van der Waals surface area contributed by atoms with Gasteiger partial charge >= 0.3 is 0 Å². The van der Waals surface area contributed by atoms with Gasteiger partial charge in [0.25, 0.3) is 5.91 Å². The van der Waals surface area contributed by atoms with Crippen molar-refractivity contribution < 1.29 is 4.79 Å². The van der Waals surface area contributed by atoms with E-state index in [1.807, 2.05) is 17.8 Å². The Morgan fingerprint density at radius 2 is 2.00 bits per heavy atom. The molecule has 0 aliphatic rings. The van der Waals surface area contributed by atoms with Gasteiger partial charge in [-0.25, -0.2) is 0 Å². The molecule has 0 saturated carbocycles. The molecule has 0 saturated heterocycles. The minimum Gasteiger partial charge on any atom is -0.350 e. The molecule has 1 aromatic carbocycles. The predicted octanol–water partition coefficient (Wildman–Crippen LogP) is 3.05. The highest BCUT2D eigenvalue weighted by Crippen LogP contribution is 2.12. The summed E-state index contributed by atoms with van der Waals surface area (Å²) in [5.41, 5.74) is 3.06. The number of carbonyl (C=O) groups is 1. The first-order valence-electron chi connectivity index (χ1n) is 6.58. The average molecular weight is 286 g/mol. The molecule has 3 nitrogen and oxygen atoms in total.